The minimum atomic E-state index is -0.159. The lowest BCUT2D eigenvalue weighted by molar-refractivity contribution is 0.0934. The largest absolute Gasteiger partial charge is 0.354 e. The van der Waals surface area contributed by atoms with Crippen molar-refractivity contribution in [3.8, 4) is 10.8 Å². The maximum Gasteiger partial charge on any atom is 0.270 e. The highest BCUT2D eigenvalue weighted by molar-refractivity contribution is 7.13. The van der Waals surface area contributed by atoms with Crippen molar-refractivity contribution >= 4 is 17.2 Å². The molecule has 0 aliphatic heterocycles. The fourth-order valence-electron chi connectivity index (χ4n) is 2.38. The zero-order valence-corrected chi connectivity index (χ0v) is 14.5. The van der Waals surface area contributed by atoms with E-state index in [9.17, 15) is 4.79 Å². The molecule has 6 nitrogen and oxygen atoms in total. The third-order valence-corrected chi connectivity index (χ3v) is 4.59. The second-order valence-electron chi connectivity index (χ2n) is 5.63. The van der Waals surface area contributed by atoms with Crippen LogP contribution in [0.4, 0.5) is 0 Å². The molecule has 0 aliphatic carbocycles. The van der Waals surface area contributed by atoms with Crippen molar-refractivity contribution in [2.45, 2.75) is 25.8 Å². The molecule has 3 aromatic rings. The summed E-state index contributed by atoms with van der Waals surface area (Å²) in [5.41, 5.74) is 1.67. The van der Waals surface area contributed by atoms with Gasteiger partial charge in [-0.25, -0.2) is 15.0 Å². The fraction of sp³-hybridized carbons (Fsp3) is 0.294. The molecule has 1 amide bonds. The first kappa shape index (κ1) is 16.3. The predicted molar refractivity (Wildman–Crippen MR) is 93.8 cm³/mol. The molecule has 1 atom stereocenters. The summed E-state index contributed by atoms with van der Waals surface area (Å²) in [7, 11) is 2.03. The van der Waals surface area contributed by atoms with E-state index in [1.54, 1.807) is 23.8 Å². The number of aromatic nitrogens is 4. The maximum atomic E-state index is 12.3. The summed E-state index contributed by atoms with van der Waals surface area (Å²) >= 11 is 1.37. The molecule has 0 fully saturated rings. The van der Waals surface area contributed by atoms with Crippen molar-refractivity contribution in [2.24, 2.45) is 7.05 Å². The van der Waals surface area contributed by atoms with Crippen molar-refractivity contribution in [1.29, 1.82) is 0 Å². The molecule has 3 heterocycles. The smallest absolute Gasteiger partial charge is 0.270 e. The second kappa shape index (κ2) is 7.35. The van der Waals surface area contributed by atoms with E-state index in [0.717, 1.165) is 12.8 Å². The Morgan fingerprint density at radius 1 is 1.33 bits per heavy atom. The third kappa shape index (κ3) is 3.86. The van der Waals surface area contributed by atoms with E-state index >= 15 is 0 Å². The first-order valence-corrected chi connectivity index (χ1v) is 8.65. The molecule has 3 aromatic heterocycles. The van der Waals surface area contributed by atoms with Crippen LogP contribution in [0.2, 0.25) is 0 Å². The van der Waals surface area contributed by atoms with Crippen LogP contribution in [0.1, 0.15) is 29.5 Å². The highest BCUT2D eigenvalue weighted by Gasteiger charge is 2.15. The SMILES string of the molecule is C[C@H](CCc1cccn1C)NC(=O)c1csc(-c2ncccn2)n1. The van der Waals surface area contributed by atoms with Gasteiger partial charge in [-0.3, -0.25) is 4.79 Å². The molecular weight excluding hydrogens is 322 g/mol. The minimum absolute atomic E-state index is 0.0746. The normalized spacial score (nSPS) is 12.1. The first-order valence-electron chi connectivity index (χ1n) is 7.77. The Morgan fingerprint density at radius 2 is 2.12 bits per heavy atom. The van der Waals surface area contributed by atoms with Crippen LogP contribution in [-0.4, -0.2) is 31.5 Å². The number of carbonyl (C=O) groups excluding carboxylic acids is 1. The highest BCUT2D eigenvalue weighted by Crippen LogP contribution is 2.19. The monoisotopic (exact) mass is 341 g/mol. The average molecular weight is 341 g/mol. The molecule has 0 saturated heterocycles. The zero-order valence-electron chi connectivity index (χ0n) is 13.6. The highest BCUT2D eigenvalue weighted by atomic mass is 32.1. The lowest BCUT2D eigenvalue weighted by Crippen LogP contribution is -2.33. The predicted octanol–water partition coefficient (Wildman–Crippen LogP) is 2.69. The Balaban J connectivity index is 1.57. The maximum absolute atomic E-state index is 12.3. The summed E-state index contributed by atoms with van der Waals surface area (Å²) in [6.45, 7) is 2.01. The van der Waals surface area contributed by atoms with Gasteiger partial charge in [0.2, 0.25) is 0 Å². The Hall–Kier alpha value is -2.54. The van der Waals surface area contributed by atoms with Crippen molar-refractivity contribution < 1.29 is 4.79 Å². The standard InChI is InChI=1S/C17H19N5OS/c1-12(6-7-13-5-3-10-22(13)2)20-16(23)14-11-24-17(21-14)15-18-8-4-9-19-15/h3-5,8-12H,6-7H2,1-2H3,(H,20,23)/t12-/m1/s1. The topological polar surface area (TPSA) is 72.7 Å². The second-order valence-corrected chi connectivity index (χ2v) is 6.49. The number of thiazole rings is 1. The lowest BCUT2D eigenvalue weighted by Gasteiger charge is -2.13. The number of carbonyl (C=O) groups is 1. The molecule has 0 saturated carbocycles. The van der Waals surface area contributed by atoms with E-state index in [-0.39, 0.29) is 11.9 Å². The number of hydrogen-bond acceptors (Lipinski definition) is 5. The summed E-state index contributed by atoms with van der Waals surface area (Å²) in [4.78, 5) is 25.0. The molecule has 0 radical (unpaired) electrons. The van der Waals surface area contributed by atoms with Gasteiger partial charge in [-0.2, -0.15) is 0 Å². The van der Waals surface area contributed by atoms with Gasteiger partial charge in [-0.05, 0) is 38.0 Å². The molecule has 24 heavy (non-hydrogen) atoms. The van der Waals surface area contributed by atoms with Gasteiger partial charge >= 0.3 is 0 Å². The Bertz CT molecular complexity index is 811. The Kier molecular flexibility index (Phi) is 5.00. The first-order chi connectivity index (χ1) is 11.6. The average Bonchev–Trinajstić information content (AvgIpc) is 3.23. The van der Waals surface area contributed by atoms with Crippen LogP contribution in [0.5, 0.6) is 0 Å². The van der Waals surface area contributed by atoms with Crippen molar-refractivity contribution in [3.63, 3.8) is 0 Å². The van der Waals surface area contributed by atoms with E-state index < -0.39 is 0 Å². The Morgan fingerprint density at radius 3 is 2.83 bits per heavy atom. The lowest BCUT2D eigenvalue weighted by atomic mass is 10.1. The van der Waals surface area contributed by atoms with Crippen LogP contribution >= 0.6 is 11.3 Å². The van der Waals surface area contributed by atoms with Gasteiger partial charge in [-0.1, -0.05) is 0 Å². The van der Waals surface area contributed by atoms with Crippen LogP contribution < -0.4 is 5.32 Å². The molecule has 0 aromatic carbocycles. The number of hydrogen-bond donors (Lipinski definition) is 1. The molecule has 0 aliphatic rings. The molecule has 0 unspecified atom stereocenters. The van der Waals surface area contributed by atoms with E-state index in [1.165, 1.54) is 17.0 Å². The van der Waals surface area contributed by atoms with Gasteiger partial charge < -0.3 is 9.88 Å². The molecule has 1 N–H and O–H groups in total. The van der Waals surface area contributed by atoms with Gasteiger partial charge in [0.1, 0.15) is 5.69 Å². The quantitative estimate of drug-likeness (QED) is 0.748. The summed E-state index contributed by atoms with van der Waals surface area (Å²) in [5, 5.41) is 5.39. The van der Waals surface area contributed by atoms with Crippen LogP contribution in [0.3, 0.4) is 0 Å². The van der Waals surface area contributed by atoms with E-state index in [0.29, 0.717) is 16.5 Å². The number of aryl methyl sites for hydroxylation is 2. The Labute approximate surface area is 144 Å². The van der Waals surface area contributed by atoms with Crippen LogP contribution in [0.25, 0.3) is 10.8 Å². The summed E-state index contributed by atoms with van der Waals surface area (Å²) in [6, 6.07) is 5.95. The summed E-state index contributed by atoms with van der Waals surface area (Å²) in [6.07, 6.45) is 7.15. The van der Waals surface area contributed by atoms with Crippen LogP contribution in [0, 0.1) is 0 Å². The van der Waals surface area contributed by atoms with E-state index in [4.69, 9.17) is 0 Å². The van der Waals surface area contributed by atoms with E-state index in [2.05, 4.69) is 30.9 Å². The zero-order chi connectivity index (χ0) is 16.9. The van der Waals surface area contributed by atoms with Crippen LogP contribution in [0.15, 0.2) is 42.2 Å². The molecular formula is C17H19N5OS. The van der Waals surface area contributed by atoms with E-state index in [1.807, 2.05) is 26.2 Å². The van der Waals surface area contributed by atoms with Gasteiger partial charge in [-0.15, -0.1) is 11.3 Å². The number of amides is 1. The number of nitrogens with zero attached hydrogens (tertiary/aromatic N) is 4. The van der Waals surface area contributed by atoms with Gasteiger partial charge in [0.05, 0.1) is 0 Å². The van der Waals surface area contributed by atoms with Crippen LogP contribution in [-0.2, 0) is 13.5 Å². The third-order valence-electron chi connectivity index (χ3n) is 3.76. The number of rotatable bonds is 6. The van der Waals surface area contributed by atoms with Crippen molar-refractivity contribution in [1.82, 2.24) is 24.8 Å². The summed E-state index contributed by atoms with van der Waals surface area (Å²) < 4.78 is 2.10. The molecule has 3 rings (SSSR count). The minimum Gasteiger partial charge on any atom is -0.354 e. The molecule has 7 heteroatoms. The number of nitrogens with one attached hydrogen (secondary N) is 1. The molecule has 0 bridgehead atoms. The van der Waals surface area contributed by atoms with Crippen molar-refractivity contribution in [3.05, 3.63) is 53.6 Å². The van der Waals surface area contributed by atoms with Crippen molar-refractivity contribution in [2.75, 3.05) is 0 Å². The summed E-state index contributed by atoms with van der Waals surface area (Å²) in [5.74, 6) is 0.381. The fourth-order valence-corrected chi connectivity index (χ4v) is 3.13. The van der Waals surface area contributed by atoms with Gasteiger partial charge in [0.15, 0.2) is 10.8 Å². The molecule has 124 valence electrons. The van der Waals surface area contributed by atoms with Gasteiger partial charge in [0.25, 0.3) is 5.91 Å². The molecule has 0 spiro atoms. The van der Waals surface area contributed by atoms with Gasteiger partial charge in [0, 0.05) is 42.8 Å².